The molecule has 0 amide bonds. The molecule has 0 unspecified atom stereocenters. The van der Waals surface area contributed by atoms with E-state index >= 15 is 0 Å². The van der Waals surface area contributed by atoms with Crippen molar-refractivity contribution in [3.05, 3.63) is 23.5 Å². The Morgan fingerprint density at radius 1 is 1.35 bits per heavy atom. The first-order valence-corrected chi connectivity index (χ1v) is 6.22. The number of nitrogens with one attached hydrogen (secondary N) is 1. The Kier molecular flexibility index (Phi) is 4.34. The number of aromatic nitrogens is 1. The highest BCUT2D eigenvalue weighted by atomic mass is 16.5. The van der Waals surface area contributed by atoms with Gasteiger partial charge in [0.1, 0.15) is 5.75 Å². The molecule has 0 bridgehead atoms. The van der Waals surface area contributed by atoms with Crippen molar-refractivity contribution in [2.75, 3.05) is 33.3 Å². The highest BCUT2D eigenvalue weighted by Crippen LogP contribution is 2.15. The van der Waals surface area contributed by atoms with E-state index in [1.807, 2.05) is 19.1 Å². The number of hydrogen-bond donors (Lipinski definition) is 1. The maximum Gasteiger partial charge on any atom is 0.122 e. The molecule has 0 spiro atoms. The van der Waals surface area contributed by atoms with E-state index in [2.05, 4.69) is 15.2 Å². The molecule has 4 heteroatoms. The van der Waals surface area contributed by atoms with E-state index in [1.165, 1.54) is 6.42 Å². The van der Waals surface area contributed by atoms with Crippen molar-refractivity contribution < 1.29 is 4.74 Å². The molecule has 94 valence electrons. The van der Waals surface area contributed by atoms with Crippen molar-refractivity contribution in [2.24, 2.45) is 0 Å². The second kappa shape index (κ2) is 5.98. The third-order valence-electron chi connectivity index (χ3n) is 3.03. The molecule has 1 fully saturated rings. The van der Waals surface area contributed by atoms with Gasteiger partial charge >= 0.3 is 0 Å². The lowest BCUT2D eigenvalue weighted by molar-refractivity contribution is 0.280. The lowest BCUT2D eigenvalue weighted by Gasteiger charge is -2.19. The SMILES string of the molecule is COc1cc(C)nc(CN2CCCNCC2)c1. The molecule has 1 N–H and O–H groups in total. The summed E-state index contributed by atoms with van der Waals surface area (Å²) < 4.78 is 5.28. The van der Waals surface area contributed by atoms with Crippen LogP contribution < -0.4 is 10.1 Å². The molecule has 1 aliphatic heterocycles. The Morgan fingerprint density at radius 2 is 2.24 bits per heavy atom. The number of hydrogen-bond acceptors (Lipinski definition) is 4. The van der Waals surface area contributed by atoms with Crippen molar-refractivity contribution in [1.82, 2.24) is 15.2 Å². The molecule has 2 heterocycles. The third-order valence-corrected chi connectivity index (χ3v) is 3.03. The summed E-state index contributed by atoms with van der Waals surface area (Å²) in [7, 11) is 1.70. The minimum atomic E-state index is 0.903. The Labute approximate surface area is 103 Å². The molecular formula is C13H21N3O. The second-order valence-electron chi connectivity index (χ2n) is 4.52. The van der Waals surface area contributed by atoms with Crippen molar-refractivity contribution in [2.45, 2.75) is 19.9 Å². The summed E-state index contributed by atoms with van der Waals surface area (Å²) in [6.45, 7) is 7.36. The fourth-order valence-electron chi connectivity index (χ4n) is 2.19. The number of nitrogens with zero attached hydrogens (tertiary/aromatic N) is 2. The lowest BCUT2D eigenvalue weighted by Crippen LogP contribution is -2.28. The van der Waals surface area contributed by atoms with Crippen molar-refractivity contribution in [1.29, 1.82) is 0 Å². The van der Waals surface area contributed by atoms with Crippen LogP contribution in [0.5, 0.6) is 5.75 Å². The van der Waals surface area contributed by atoms with Crippen LogP contribution in [-0.4, -0.2) is 43.2 Å². The van der Waals surface area contributed by atoms with Crippen LogP contribution in [0.2, 0.25) is 0 Å². The van der Waals surface area contributed by atoms with Gasteiger partial charge in [0.25, 0.3) is 0 Å². The van der Waals surface area contributed by atoms with Gasteiger partial charge < -0.3 is 10.1 Å². The number of rotatable bonds is 3. The van der Waals surface area contributed by atoms with Crippen LogP contribution >= 0.6 is 0 Å². The fraction of sp³-hybridized carbons (Fsp3) is 0.615. The van der Waals surface area contributed by atoms with E-state index in [-0.39, 0.29) is 0 Å². The van der Waals surface area contributed by atoms with Gasteiger partial charge in [-0.1, -0.05) is 0 Å². The van der Waals surface area contributed by atoms with Gasteiger partial charge in [0.2, 0.25) is 0 Å². The number of pyridine rings is 1. The molecule has 1 aliphatic rings. The molecule has 4 nitrogen and oxygen atoms in total. The van der Waals surface area contributed by atoms with Gasteiger partial charge in [-0.2, -0.15) is 0 Å². The van der Waals surface area contributed by atoms with Crippen LogP contribution in [0.3, 0.4) is 0 Å². The smallest absolute Gasteiger partial charge is 0.122 e. The van der Waals surface area contributed by atoms with E-state index in [1.54, 1.807) is 7.11 Å². The first-order chi connectivity index (χ1) is 8.28. The largest absolute Gasteiger partial charge is 0.497 e. The molecule has 0 aliphatic carbocycles. The number of methoxy groups -OCH3 is 1. The predicted molar refractivity (Wildman–Crippen MR) is 68.3 cm³/mol. The summed E-state index contributed by atoms with van der Waals surface area (Å²) >= 11 is 0. The van der Waals surface area contributed by atoms with Crippen molar-refractivity contribution >= 4 is 0 Å². The Bertz CT molecular complexity index is 360. The monoisotopic (exact) mass is 235 g/mol. The summed E-state index contributed by atoms with van der Waals surface area (Å²) in [5.74, 6) is 0.903. The van der Waals surface area contributed by atoms with Crippen LogP contribution in [0.15, 0.2) is 12.1 Å². The molecule has 0 radical (unpaired) electrons. The van der Waals surface area contributed by atoms with Crippen LogP contribution in [0.1, 0.15) is 17.8 Å². The topological polar surface area (TPSA) is 37.4 Å². The van der Waals surface area contributed by atoms with Gasteiger partial charge in [-0.15, -0.1) is 0 Å². The van der Waals surface area contributed by atoms with E-state index in [4.69, 9.17) is 4.74 Å². The summed E-state index contributed by atoms with van der Waals surface area (Å²) in [5, 5.41) is 3.41. The van der Waals surface area contributed by atoms with Gasteiger partial charge in [-0.25, -0.2) is 0 Å². The van der Waals surface area contributed by atoms with E-state index in [0.717, 1.165) is 49.9 Å². The zero-order valence-electron chi connectivity index (χ0n) is 10.7. The standard InChI is InChI=1S/C13H21N3O/c1-11-8-13(17-2)9-12(15-11)10-16-6-3-4-14-5-7-16/h8-9,14H,3-7,10H2,1-2H3. The quantitative estimate of drug-likeness (QED) is 0.854. The van der Waals surface area contributed by atoms with Gasteiger partial charge in [0.05, 0.1) is 12.8 Å². The fourth-order valence-corrected chi connectivity index (χ4v) is 2.19. The van der Waals surface area contributed by atoms with Gasteiger partial charge in [-0.05, 0) is 26.4 Å². The Hall–Kier alpha value is -1.13. The zero-order valence-corrected chi connectivity index (χ0v) is 10.7. The highest BCUT2D eigenvalue weighted by molar-refractivity contribution is 5.26. The van der Waals surface area contributed by atoms with Crippen LogP contribution in [0, 0.1) is 6.92 Å². The lowest BCUT2D eigenvalue weighted by atomic mass is 10.2. The maximum atomic E-state index is 5.28. The minimum Gasteiger partial charge on any atom is -0.497 e. The Balaban J connectivity index is 2.03. The molecule has 1 aromatic rings. The first-order valence-electron chi connectivity index (χ1n) is 6.22. The summed E-state index contributed by atoms with van der Waals surface area (Å²) in [6.07, 6.45) is 1.21. The minimum absolute atomic E-state index is 0.903. The normalized spacial score (nSPS) is 17.8. The van der Waals surface area contributed by atoms with Crippen LogP contribution in [0.4, 0.5) is 0 Å². The van der Waals surface area contributed by atoms with E-state index in [9.17, 15) is 0 Å². The summed E-state index contributed by atoms with van der Waals surface area (Å²) in [6, 6.07) is 4.00. The molecule has 2 rings (SSSR count). The van der Waals surface area contributed by atoms with Gasteiger partial charge in [-0.3, -0.25) is 9.88 Å². The highest BCUT2D eigenvalue weighted by Gasteiger charge is 2.10. The van der Waals surface area contributed by atoms with Gasteiger partial charge in [0, 0.05) is 37.5 Å². The summed E-state index contributed by atoms with van der Waals surface area (Å²) in [4.78, 5) is 7.01. The molecule has 0 atom stereocenters. The number of aryl methyl sites for hydroxylation is 1. The Morgan fingerprint density at radius 3 is 3.06 bits per heavy atom. The maximum absolute atomic E-state index is 5.28. The molecule has 0 saturated carbocycles. The average molecular weight is 235 g/mol. The number of ether oxygens (including phenoxy) is 1. The van der Waals surface area contributed by atoms with Gasteiger partial charge in [0.15, 0.2) is 0 Å². The molecule has 1 saturated heterocycles. The molecule has 17 heavy (non-hydrogen) atoms. The van der Waals surface area contributed by atoms with Crippen LogP contribution in [0.25, 0.3) is 0 Å². The van der Waals surface area contributed by atoms with E-state index < -0.39 is 0 Å². The van der Waals surface area contributed by atoms with E-state index in [0.29, 0.717) is 0 Å². The molecular weight excluding hydrogens is 214 g/mol. The summed E-state index contributed by atoms with van der Waals surface area (Å²) in [5.41, 5.74) is 2.12. The second-order valence-corrected chi connectivity index (χ2v) is 4.52. The predicted octanol–water partition coefficient (Wildman–Crippen LogP) is 1.19. The van der Waals surface area contributed by atoms with Crippen molar-refractivity contribution in [3.8, 4) is 5.75 Å². The molecule has 1 aromatic heterocycles. The average Bonchev–Trinajstić information content (AvgIpc) is 2.57. The van der Waals surface area contributed by atoms with Crippen LogP contribution in [-0.2, 0) is 6.54 Å². The zero-order chi connectivity index (χ0) is 12.1. The molecule has 0 aromatic carbocycles. The van der Waals surface area contributed by atoms with Crippen molar-refractivity contribution in [3.63, 3.8) is 0 Å². The third kappa shape index (κ3) is 3.68. The first kappa shape index (κ1) is 12.3.